The second-order valence-electron chi connectivity index (χ2n) is 5.56. The first-order valence-electron chi connectivity index (χ1n) is 7.02. The molecule has 0 aromatic carbocycles. The number of likely N-dealkylation sites (tertiary alicyclic amines) is 1. The molecule has 106 valence electrons. The average Bonchev–Trinajstić information content (AvgIpc) is 2.71. The Balaban J connectivity index is 1.96. The van der Waals surface area contributed by atoms with Gasteiger partial charge in [-0.15, -0.1) is 0 Å². The zero-order valence-corrected chi connectivity index (χ0v) is 11.8. The van der Waals surface area contributed by atoms with Crippen LogP contribution in [0.25, 0.3) is 0 Å². The first-order valence-corrected chi connectivity index (χ1v) is 7.02. The van der Waals surface area contributed by atoms with E-state index in [1.54, 1.807) is 6.20 Å². The van der Waals surface area contributed by atoms with Gasteiger partial charge in [-0.05, 0) is 26.2 Å². The van der Waals surface area contributed by atoms with Crippen LogP contribution < -0.4 is 0 Å². The van der Waals surface area contributed by atoms with Crippen molar-refractivity contribution in [2.75, 3.05) is 13.1 Å². The van der Waals surface area contributed by atoms with Crippen molar-refractivity contribution in [1.29, 1.82) is 0 Å². The summed E-state index contributed by atoms with van der Waals surface area (Å²) in [5, 5.41) is 10.0. The van der Waals surface area contributed by atoms with E-state index in [0.717, 1.165) is 31.6 Å². The molecule has 5 heteroatoms. The zero-order valence-electron chi connectivity index (χ0n) is 11.8. The lowest BCUT2D eigenvalue weighted by Crippen LogP contribution is -2.36. The molecule has 5 nitrogen and oxygen atoms in total. The summed E-state index contributed by atoms with van der Waals surface area (Å²) >= 11 is 0. The predicted octanol–water partition coefficient (Wildman–Crippen LogP) is 1.21. The SMILES string of the molecule is CCc1nccn1CC(=O)N1CCCC(C)(O)CC1. The number of hydrogen-bond acceptors (Lipinski definition) is 3. The molecule has 0 saturated carbocycles. The van der Waals surface area contributed by atoms with Gasteiger partial charge in [-0.3, -0.25) is 4.79 Å². The molecule has 1 aromatic rings. The van der Waals surface area contributed by atoms with Crippen LogP contribution in [-0.4, -0.2) is 44.2 Å². The third-order valence-electron chi connectivity index (χ3n) is 3.84. The van der Waals surface area contributed by atoms with E-state index in [-0.39, 0.29) is 5.91 Å². The van der Waals surface area contributed by atoms with Gasteiger partial charge in [-0.1, -0.05) is 6.92 Å². The number of carbonyl (C=O) groups is 1. The van der Waals surface area contributed by atoms with Crippen molar-refractivity contribution in [1.82, 2.24) is 14.5 Å². The monoisotopic (exact) mass is 265 g/mol. The fourth-order valence-corrected chi connectivity index (χ4v) is 2.56. The molecule has 0 bridgehead atoms. The van der Waals surface area contributed by atoms with Crippen molar-refractivity contribution >= 4 is 5.91 Å². The number of amides is 1. The highest BCUT2D eigenvalue weighted by Crippen LogP contribution is 2.21. The van der Waals surface area contributed by atoms with Crippen molar-refractivity contribution < 1.29 is 9.90 Å². The second-order valence-corrected chi connectivity index (χ2v) is 5.56. The molecule has 1 atom stereocenters. The van der Waals surface area contributed by atoms with Crippen molar-refractivity contribution in [3.63, 3.8) is 0 Å². The molecule has 0 radical (unpaired) electrons. The van der Waals surface area contributed by atoms with Crippen LogP contribution in [0.5, 0.6) is 0 Å². The van der Waals surface area contributed by atoms with Gasteiger partial charge in [0.15, 0.2) is 0 Å². The van der Waals surface area contributed by atoms with Crippen LogP contribution >= 0.6 is 0 Å². The summed E-state index contributed by atoms with van der Waals surface area (Å²) in [7, 11) is 0. The van der Waals surface area contributed by atoms with Crippen molar-refractivity contribution in [3.8, 4) is 0 Å². The van der Waals surface area contributed by atoms with Gasteiger partial charge >= 0.3 is 0 Å². The van der Waals surface area contributed by atoms with Crippen LogP contribution in [0.2, 0.25) is 0 Å². The average molecular weight is 265 g/mol. The summed E-state index contributed by atoms with van der Waals surface area (Å²) in [4.78, 5) is 18.4. The molecule has 1 aromatic heterocycles. The smallest absolute Gasteiger partial charge is 0.242 e. The molecule has 1 unspecified atom stereocenters. The number of nitrogens with zero attached hydrogens (tertiary/aromatic N) is 3. The Labute approximate surface area is 114 Å². The number of aliphatic hydroxyl groups is 1. The summed E-state index contributed by atoms with van der Waals surface area (Å²) in [5.74, 6) is 1.06. The highest BCUT2D eigenvalue weighted by atomic mass is 16.3. The van der Waals surface area contributed by atoms with Gasteiger partial charge in [0.05, 0.1) is 5.60 Å². The second kappa shape index (κ2) is 5.74. The van der Waals surface area contributed by atoms with Crippen LogP contribution in [0.3, 0.4) is 0 Å². The minimum atomic E-state index is -0.626. The normalized spacial score (nSPS) is 24.3. The minimum absolute atomic E-state index is 0.116. The standard InChI is InChI=1S/C14H23N3O2/c1-3-12-15-7-10-17(12)11-13(18)16-8-4-5-14(2,19)6-9-16/h7,10,19H,3-6,8-9,11H2,1-2H3. The summed E-state index contributed by atoms with van der Waals surface area (Å²) in [6.07, 6.45) is 6.70. The number of aromatic nitrogens is 2. The van der Waals surface area contributed by atoms with E-state index in [0.29, 0.717) is 19.5 Å². The van der Waals surface area contributed by atoms with Crippen molar-refractivity contribution in [2.24, 2.45) is 0 Å². The van der Waals surface area contributed by atoms with Gasteiger partial charge in [0, 0.05) is 31.9 Å². The summed E-state index contributed by atoms with van der Waals surface area (Å²) in [6, 6.07) is 0. The van der Waals surface area contributed by atoms with Gasteiger partial charge in [-0.2, -0.15) is 0 Å². The molecule has 1 amide bonds. The third-order valence-corrected chi connectivity index (χ3v) is 3.84. The number of imidazole rings is 1. The molecular formula is C14H23N3O2. The lowest BCUT2D eigenvalue weighted by molar-refractivity contribution is -0.132. The zero-order chi connectivity index (χ0) is 13.9. The lowest BCUT2D eigenvalue weighted by atomic mass is 9.98. The Morgan fingerprint density at radius 2 is 2.26 bits per heavy atom. The highest BCUT2D eigenvalue weighted by Gasteiger charge is 2.27. The van der Waals surface area contributed by atoms with E-state index in [9.17, 15) is 9.90 Å². The minimum Gasteiger partial charge on any atom is -0.390 e. The van der Waals surface area contributed by atoms with E-state index in [4.69, 9.17) is 0 Å². The topological polar surface area (TPSA) is 58.4 Å². The van der Waals surface area contributed by atoms with Crippen molar-refractivity contribution in [3.05, 3.63) is 18.2 Å². The lowest BCUT2D eigenvalue weighted by Gasteiger charge is -2.23. The van der Waals surface area contributed by atoms with Crippen molar-refractivity contribution in [2.45, 2.75) is 51.7 Å². The maximum absolute atomic E-state index is 12.3. The molecule has 2 rings (SSSR count). The number of hydrogen-bond donors (Lipinski definition) is 1. The molecule has 1 saturated heterocycles. The van der Waals surface area contributed by atoms with Gasteiger partial charge in [0.1, 0.15) is 12.4 Å². The van der Waals surface area contributed by atoms with Crippen LogP contribution in [0, 0.1) is 0 Å². The molecule has 1 fully saturated rings. The van der Waals surface area contributed by atoms with E-state index < -0.39 is 5.60 Å². The molecule has 2 heterocycles. The van der Waals surface area contributed by atoms with E-state index in [1.165, 1.54) is 0 Å². The predicted molar refractivity (Wildman–Crippen MR) is 72.7 cm³/mol. The quantitative estimate of drug-likeness (QED) is 0.893. The van der Waals surface area contributed by atoms with Gasteiger partial charge < -0.3 is 14.6 Å². The Kier molecular flexibility index (Phi) is 4.24. The number of carbonyl (C=O) groups excluding carboxylic acids is 1. The van der Waals surface area contributed by atoms with Gasteiger partial charge in [-0.25, -0.2) is 4.98 Å². The van der Waals surface area contributed by atoms with Crippen LogP contribution in [-0.2, 0) is 17.8 Å². The Bertz CT molecular complexity index is 440. The Morgan fingerprint density at radius 3 is 3.00 bits per heavy atom. The fraction of sp³-hybridized carbons (Fsp3) is 0.714. The highest BCUT2D eigenvalue weighted by molar-refractivity contribution is 5.76. The van der Waals surface area contributed by atoms with E-state index >= 15 is 0 Å². The van der Waals surface area contributed by atoms with E-state index in [2.05, 4.69) is 4.98 Å². The summed E-state index contributed by atoms with van der Waals surface area (Å²) < 4.78 is 1.91. The van der Waals surface area contributed by atoms with Crippen LogP contribution in [0.4, 0.5) is 0 Å². The maximum atomic E-state index is 12.3. The fourth-order valence-electron chi connectivity index (χ4n) is 2.56. The Hall–Kier alpha value is -1.36. The molecule has 1 aliphatic heterocycles. The number of aryl methyl sites for hydroxylation is 1. The van der Waals surface area contributed by atoms with Crippen LogP contribution in [0.15, 0.2) is 12.4 Å². The maximum Gasteiger partial charge on any atom is 0.242 e. The third kappa shape index (κ3) is 3.56. The largest absolute Gasteiger partial charge is 0.390 e. The first kappa shape index (κ1) is 14.1. The molecule has 1 N–H and O–H groups in total. The first-order chi connectivity index (χ1) is 9.02. The summed E-state index contributed by atoms with van der Waals surface area (Å²) in [5.41, 5.74) is -0.626. The summed E-state index contributed by atoms with van der Waals surface area (Å²) in [6.45, 7) is 5.62. The van der Waals surface area contributed by atoms with Gasteiger partial charge in [0.25, 0.3) is 0 Å². The molecule has 1 aliphatic rings. The van der Waals surface area contributed by atoms with E-state index in [1.807, 2.05) is 29.5 Å². The Morgan fingerprint density at radius 1 is 1.47 bits per heavy atom. The molecule has 19 heavy (non-hydrogen) atoms. The molecule has 0 aliphatic carbocycles. The molecular weight excluding hydrogens is 242 g/mol. The van der Waals surface area contributed by atoms with Crippen LogP contribution in [0.1, 0.15) is 38.9 Å². The number of rotatable bonds is 3. The molecule has 0 spiro atoms. The van der Waals surface area contributed by atoms with Gasteiger partial charge in [0.2, 0.25) is 5.91 Å².